The van der Waals surface area contributed by atoms with Crippen LogP contribution in [0, 0.1) is 12.7 Å². The Morgan fingerprint density at radius 3 is 2.71 bits per heavy atom. The standard InChI is InChI=1S/C16H15FN2O3S2/c1-11-18-15-10-13(4-7-16(15)23-11)19-24(20,21)9-8-22-14-5-2-12(17)3-6-14/h2-7,10,19H,8-9H2,1H3. The third kappa shape index (κ3) is 4.21. The summed E-state index contributed by atoms with van der Waals surface area (Å²) in [4.78, 5) is 4.34. The molecule has 2 aromatic carbocycles. The molecule has 1 N–H and O–H groups in total. The summed E-state index contributed by atoms with van der Waals surface area (Å²) >= 11 is 1.56. The van der Waals surface area contributed by atoms with Gasteiger partial charge in [-0.25, -0.2) is 17.8 Å². The predicted molar refractivity (Wildman–Crippen MR) is 93.7 cm³/mol. The average Bonchev–Trinajstić information content (AvgIpc) is 2.88. The van der Waals surface area contributed by atoms with Crippen LogP contribution in [0.4, 0.5) is 10.1 Å². The molecule has 0 fully saturated rings. The molecule has 0 unspecified atom stereocenters. The van der Waals surface area contributed by atoms with E-state index in [0.717, 1.165) is 15.2 Å². The lowest BCUT2D eigenvalue weighted by Crippen LogP contribution is -2.21. The van der Waals surface area contributed by atoms with Gasteiger partial charge in [-0.1, -0.05) is 0 Å². The van der Waals surface area contributed by atoms with Gasteiger partial charge in [-0.05, 0) is 49.4 Å². The Bertz CT molecular complexity index is 953. The Morgan fingerprint density at radius 1 is 1.21 bits per heavy atom. The van der Waals surface area contributed by atoms with Crippen LogP contribution in [0.2, 0.25) is 0 Å². The maximum absolute atomic E-state index is 12.8. The van der Waals surface area contributed by atoms with Gasteiger partial charge >= 0.3 is 0 Å². The fourth-order valence-corrected chi connectivity index (χ4v) is 3.84. The minimum absolute atomic E-state index is 0.0288. The minimum atomic E-state index is -3.55. The zero-order valence-corrected chi connectivity index (χ0v) is 14.5. The van der Waals surface area contributed by atoms with Crippen molar-refractivity contribution in [3.05, 3.63) is 53.3 Å². The number of rotatable bonds is 6. The number of hydrogen-bond acceptors (Lipinski definition) is 5. The van der Waals surface area contributed by atoms with Crippen molar-refractivity contribution in [1.29, 1.82) is 0 Å². The van der Waals surface area contributed by atoms with Crippen molar-refractivity contribution >= 4 is 37.3 Å². The van der Waals surface area contributed by atoms with Crippen LogP contribution in [-0.4, -0.2) is 25.8 Å². The van der Waals surface area contributed by atoms with Gasteiger partial charge in [0.05, 0.1) is 20.9 Å². The summed E-state index contributed by atoms with van der Waals surface area (Å²) in [6.07, 6.45) is 0. The van der Waals surface area contributed by atoms with Gasteiger partial charge in [0, 0.05) is 0 Å². The Morgan fingerprint density at radius 2 is 1.96 bits per heavy atom. The lowest BCUT2D eigenvalue weighted by atomic mass is 10.3. The van der Waals surface area contributed by atoms with Gasteiger partial charge in [-0.15, -0.1) is 11.3 Å². The highest BCUT2D eigenvalue weighted by Gasteiger charge is 2.12. The molecule has 0 aliphatic rings. The molecule has 0 spiro atoms. The van der Waals surface area contributed by atoms with Gasteiger partial charge in [0.15, 0.2) is 0 Å². The Balaban J connectivity index is 1.61. The number of nitrogens with one attached hydrogen (secondary N) is 1. The van der Waals surface area contributed by atoms with E-state index < -0.39 is 10.0 Å². The Labute approximate surface area is 143 Å². The molecule has 0 radical (unpaired) electrons. The summed E-state index contributed by atoms with van der Waals surface area (Å²) in [7, 11) is -3.55. The summed E-state index contributed by atoms with van der Waals surface area (Å²) in [5, 5.41) is 0.928. The van der Waals surface area contributed by atoms with Crippen LogP contribution in [0.15, 0.2) is 42.5 Å². The molecule has 126 valence electrons. The number of nitrogens with zero attached hydrogens (tertiary/aromatic N) is 1. The molecule has 1 heterocycles. The lowest BCUT2D eigenvalue weighted by Gasteiger charge is -2.09. The third-order valence-electron chi connectivity index (χ3n) is 3.20. The molecular formula is C16H15FN2O3S2. The SMILES string of the molecule is Cc1nc2cc(NS(=O)(=O)CCOc3ccc(F)cc3)ccc2s1. The molecule has 0 atom stereocenters. The molecule has 3 rings (SSSR count). The maximum Gasteiger partial charge on any atom is 0.236 e. The van der Waals surface area contributed by atoms with Crippen LogP contribution in [0.25, 0.3) is 10.2 Å². The number of sulfonamides is 1. The van der Waals surface area contributed by atoms with Crippen LogP contribution in [0.1, 0.15) is 5.01 Å². The van der Waals surface area contributed by atoms with E-state index in [1.165, 1.54) is 24.3 Å². The molecule has 24 heavy (non-hydrogen) atoms. The average molecular weight is 366 g/mol. The van der Waals surface area contributed by atoms with Gasteiger partial charge in [-0.3, -0.25) is 4.72 Å². The molecule has 0 saturated carbocycles. The summed E-state index contributed by atoms with van der Waals surface area (Å²) < 4.78 is 45.9. The van der Waals surface area contributed by atoms with Crippen LogP contribution in [-0.2, 0) is 10.0 Å². The van der Waals surface area contributed by atoms with Crippen molar-refractivity contribution in [2.45, 2.75) is 6.92 Å². The topological polar surface area (TPSA) is 68.3 Å². The second-order valence-electron chi connectivity index (χ2n) is 5.14. The number of fused-ring (bicyclic) bond motifs is 1. The smallest absolute Gasteiger partial charge is 0.236 e. The fraction of sp³-hybridized carbons (Fsp3) is 0.188. The molecule has 5 nitrogen and oxygen atoms in total. The normalized spacial score (nSPS) is 11.6. The number of aryl methyl sites for hydroxylation is 1. The van der Waals surface area contributed by atoms with Gasteiger partial charge in [-0.2, -0.15) is 0 Å². The molecule has 8 heteroatoms. The first-order valence-electron chi connectivity index (χ1n) is 7.17. The molecule has 1 aromatic heterocycles. The maximum atomic E-state index is 12.8. The number of aromatic nitrogens is 1. The largest absolute Gasteiger partial charge is 0.492 e. The van der Waals surface area contributed by atoms with E-state index in [9.17, 15) is 12.8 Å². The first-order chi connectivity index (χ1) is 11.4. The van der Waals surface area contributed by atoms with Crippen molar-refractivity contribution in [2.24, 2.45) is 0 Å². The number of ether oxygens (including phenoxy) is 1. The van der Waals surface area contributed by atoms with E-state index in [0.29, 0.717) is 11.4 Å². The Kier molecular flexibility index (Phi) is 4.68. The second-order valence-corrected chi connectivity index (χ2v) is 8.22. The van der Waals surface area contributed by atoms with Crippen molar-refractivity contribution < 1.29 is 17.5 Å². The van der Waals surface area contributed by atoms with Crippen LogP contribution in [0.5, 0.6) is 5.75 Å². The fourth-order valence-electron chi connectivity index (χ4n) is 2.14. The van der Waals surface area contributed by atoms with Crippen LogP contribution >= 0.6 is 11.3 Å². The highest BCUT2D eigenvalue weighted by molar-refractivity contribution is 7.92. The molecule has 0 bridgehead atoms. The molecule has 3 aromatic rings. The van der Waals surface area contributed by atoms with E-state index in [-0.39, 0.29) is 18.2 Å². The monoisotopic (exact) mass is 366 g/mol. The molecule has 0 saturated heterocycles. The zero-order chi connectivity index (χ0) is 17.2. The number of anilines is 1. The number of hydrogen-bond donors (Lipinski definition) is 1. The first-order valence-corrected chi connectivity index (χ1v) is 9.64. The molecular weight excluding hydrogens is 351 g/mol. The number of benzene rings is 2. The summed E-state index contributed by atoms with van der Waals surface area (Å²) in [5.41, 5.74) is 1.23. The zero-order valence-electron chi connectivity index (χ0n) is 12.8. The Hall–Kier alpha value is -2.19. The van der Waals surface area contributed by atoms with Crippen molar-refractivity contribution in [2.75, 3.05) is 17.1 Å². The van der Waals surface area contributed by atoms with Gasteiger partial charge < -0.3 is 4.74 Å². The highest BCUT2D eigenvalue weighted by Crippen LogP contribution is 2.24. The lowest BCUT2D eigenvalue weighted by molar-refractivity contribution is 0.340. The quantitative estimate of drug-likeness (QED) is 0.724. The van der Waals surface area contributed by atoms with Gasteiger partial charge in [0.25, 0.3) is 0 Å². The third-order valence-corrected chi connectivity index (χ3v) is 5.40. The van der Waals surface area contributed by atoms with E-state index in [1.807, 2.05) is 13.0 Å². The van der Waals surface area contributed by atoms with E-state index in [4.69, 9.17) is 4.74 Å². The summed E-state index contributed by atoms with van der Waals surface area (Å²) in [6.45, 7) is 1.88. The number of halogens is 1. The van der Waals surface area contributed by atoms with E-state index >= 15 is 0 Å². The second kappa shape index (κ2) is 6.74. The van der Waals surface area contributed by atoms with Crippen molar-refractivity contribution in [3.63, 3.8) is 0 Å². The predicted octanol–water partition coefficient (Wildman–Crippen LogP) is 3.56. The summed E-state index contributed by atoms with van der Waals surface area (Å²) in [6, 6.07) is 10.7. The van der Waals surface area contributed by atoms with E-state index in [1.54, 1.807) is 23.5 Å². The molecule has 0 aliphatic carbocycles. The van der Waals surface area contributed by atoms with Gasteiger partial charge in [0.1, 0.15) is 23.9 Å². The van der Waals surface area contributed by atoms with E-state index in [2.05, 4.69) is 9.71 Å². The van der Waals surface area contributed by atoms with Crippen LogP contribution in [0.3, 0.4) is 0 Å². The number of thiazole rings is 1. The summed E-state index contributed by atoms with van der Waals surface area (Å²) in [5.74, 6) is -0.159. The highest BCUT2D eigenvalue weighted by atomic mass is 32.2. The molecule has 0 amide bonds. The van der Waals surface area contributed by atoms with Crippen LogP contribution < -0.4 is 9.46 Å². The van der Waals surface area contributed by atoms with Gasteiger partial charge in [0.2, 0.25) is 10.0 Å². The first kappa shape index (κ1) is 16.7. The van der Waals surface area contributed by atoms with Crippen molar-refractivity contribution in [1.82, 2.24) is 4.98 Å². The molecule has 0 aliphatic heterocycles. The van der Waals surface area contributed by atoms with Crippen molar-refractivity contribution in [3.8, 4) is 5.75 Å². The minimum Gasteiger partial charge on any atom is -0.492 e.